The third-order valence-corrected chi connectivity index (χ3v) is 3.60. The average molecular weight is 339 g/mol. The monoisotopic (exact) mass is 339 g/mol. The third-order valence-electron chi connectivity index (χ3n) is 3.60. The molecule has 6 nitrogen and oxygen atoms in total. The van der Waals surface area contributed by atoms with Crippen molar-refractivity contribution in [3.8, 4) is 0 Å². The van der Waals surface area contributed by atoms with Crippen LogP contribution in [0.4, 0.5) is 5.69 Å². The van der Waals surface area contributed by atoms with Gasteiger partial charge >= 0.3 is 0 Å². The molecule has 0 radical (unpaired) electrons. The number of aromatic nitrogens is 1. The zero-order valence-electron chi connectivity index (χ0n) is 14.3. The number of pyridine rings is 1. The van der Waals surface area contributed by atoms with Crippen molar-refractivity contribution < 1.29 is 14.4 Å². The predicted molar refractivity (Wildman–Crippen MR) is 95.9 cm³/mol. The molecule has 1 aromatic heterocycles. The molecule has 0 aliphatic carbocycles. The number of amides is 2. The van der Waals surface area contributed by atoms with Crippen molar-refractivity contribution in [2.24, 2.45) is 0 Å². The van der Waals surface area contributed by atoms with Crippen LogP contribution < -0.4 is 10.6 Å². The normalized spacial score (nSPS) is 10.2. The fraction of sp³-hybridized carbons (Fsp3) is 0.263. The highest BCUT2D eigenvalue weighted by Crippen LogP contribution is 2.13. The molecule has 0 bridgehead atoms. The Morgan fingerprint density at radius 3 is 2.56 bits per heavy atom. The smallest absolute Gasteiger partial charge is 0.269 e. The zero-order valence-corrected chi connectivity index (χ0v) is 14.3. The number of hydrogen-bond acceptors (Lipinski definition) is 4. The summed E-state index contributed by atoms with van der Waals surface area (Å²) in [4.78, 5) is 39.8. The van der Waals surface area contributed by atoms with Gasteiger partial charge in [0.05, 0.1) is 0 Å². The van der Waals surface area contributed by atoms with E-state index in [9.17, 15) is 14.4 Å². The molecule has 6 heteroatoms. The van der Waals surface area contributed by atoms with E-state index in [0.717, 1.165) is 12.8 Å². The predicted octanol–water partition coefficient (Wildman–Crippen LogP) is 3.07. The maximum absolute atomic E-state index is 12.4. The number of nitrogens with one attached hydrogen (secondary N) is 2. The third kappa shape index (κ3) is 5.24. The summed E-state index contributed by atoms with van der Waals surface area (Å²) in [7, 11) is 0. The molecular formula is C19H21N3O3. The Bertz CT molecular complexity index is 787. The number of benzene rings is 1. The lowest BCUT2D eigenvalue weighted by Gasteiger charge is -2.08. The highest BCUT2D eigenvalue weighted by molar-refractivity contribution is 6.06. The van der Waals surface area contributed by atoms with Gasteiger partial charge in [-0.05, 0) is 37.6 Å². The summed E-state index contributed by atoms with van der Waals surface area (Å²) < 4.78 is 0. The van der Waals surface area contributed by atoms with Gasteiger partial charge in [0.25, 0.3) is 11.8 Å². The summed E-state index contributed by atoms with van der Waals surface area (Å²) in [5.41, 5.74) is 1.55. The first kappa shape index (κ1) is 18.3. The van der Waals surface area contributed by atoms with Gasteiger partial charge in [-0.15, -0.1) is 0 Å². The number of rotatable bonds is 7. The molecule has 0 atom stereocenters. The van der Waals surface area contributed by atoms with Gasteiger partial charge in [0, 0.05) is 29.6 Å². The Kier molecular flexibility index (Phi) is 6.39. The summed E-state index contributed by atoms with van der Waals surface area (Å²) >= 11 is 0. The molecule has 1 aromatic carbocycles. The Labute approximate surface area is 146 Å². The number of Topliss-reactive ketones (excluding diaryl/α,β-unsaturated/α-hetero) is 1. The molecule has 2 N–H and O–H groups in total. The van der Waals surface area contributed by atoms with Crippen molar-refractivity contribution in [1.82, 2.24) is 10.3 Å². The van der Waals surface area contributed by atoms with Crippen molar-refractivity contribution in [2.45, 2.75) is 26.7 Å². The second-order valence-corrected chi connectivity index (χ2v) is 5.63. The number of nitrogens with zero attached hydrogens (tertiary/aromatic N) is 1. The lowest BCUT2D eigenvalue weighted by Crippen LogP contribution is -2.25. The summed E-state index contributed by atoms with van der Waals surface area (Å²) in [6.45, 7) is 4.08. The van der Waals surface area contributed by atoms with Crippen LogP contribution in [0.5, 0.6) is 0 Å². The quantitative estimate of drug-likeness (QED) is 0.599. The fourth-order valence-corrected chi connectivity index (χ4v) is 2.18. The maximum Gasteiger partial charge on any atom is 0.269 e. The number of carbonyl (C=O) groups is 3. The number of hydrogen-bond donors (Lipinski definition) is 2. The van der Waals surface area contributed by atoms with Crippen molar-refractivity contribution >= 4 is 23.3 Å². The second-order valence-electron chi connectivity index (χ2n) is 5.63. The number of unbranched alkanes of at least 4 members (excludes halogenated alkanes) is 1. The minimum absolute atomic E-state index is 0.0777. The Morgan fingerprint density at radius 2 is 1.84 bits per heavy atom. The molecule has 2 aromatic rings. The second kappa shape index (κ2) is 8.73. The lowest BCUT2D eigenvalue weighted by atomic mass is 10.1. The molecule has 0 fully saturated rings. The van der Waals surface area contributed by atoms with E-state index in [0.29, 0.717) is 23.4 Å². The fourth-order valence-electron chi connectivity index (χ4n) is 2.18. The number of carbonyl (C=O) groups excluding carboxylic acids is 3. The highest BCUT2D eigenvalue weighted by atomic mass is 16.2. The largest absolute Gasteiger partial charge is 0.351 e. The SMILES string of the molecule is CCCCNC(=O)c1cc(C(=O)Nc2cccc(C(C)=O)c2)ccn1. The van der Waals surface area contributed by atoms with Gasteiger partial charge in [-0.2, -0.15) is 0 Å². The topological polar surface area (TPSA) is 88.2 Å². The van der Waals surface area contributed by atoms with Crippen LogP contribution in [-0.4, -0.2) is 29.1 Å². The molecule has 2 amide bonds. The van der Waals surface area contributed by atoms with Crippen LogP contribution in [0.3, 0.4) is 0 Å². The molecule has 25 heavy (non-hydrogen) atoms. The molecule has 1 heterocycles. The molecule has 0 spiro atoms. The van der Waals surface area contributed by atoms with Crippen LogP contribution in [0.1, 0.15) is 57.9 Å². The van der Waals surface area contributed by atoms with Crippen molar-refractivity contribution in [3.63, 3.8) is 0 Å². The molecular weight excluding hydrogens is 318 g/mol. The summed E-state index contributed by atoms with van der Waals surface area (Å²) in [5.74, 6) is -0.751. The van der Waals surface area contributed by atoms with E-state index >= 15 is 0 Å². The molecule has 130 valence electrons. The van der Waals surface area contributed by atoms with Crippen LogP contribution in [-0.2, 0) is 0 Å². The van der Waals surface area contributed by atoms with E-state index < -0.39 is 0 Å². The van der Waals surface area contributed by atoms with Crippen molar-refractivity contribution in [3.05, 3.63) is 59.4 Å². The number of ketones is 1. The maximum atomic E-state index is 12.4. The Balaban J connectivity index is 2.09. The minimum atomic E-state index is -0.370. The van der Waals surface area contributed by atoms with Crippen LogP contribution in [0.25, 0.3) is 0 Å². The minimum Gasteiger partial charge on any atom is -0.351 e. The van der Waals surface area contributed by atoms with Crippen LogP contribution in [0.2, 0.25) is 0 Å². The molecule has 2 rings (SSSR count). The first-order chi connectivity index (χ1) is 12.0. The molecule has 0 aliphatic heterocycles. The standard InChI is InChI=1S/C19H21N3O3/c1-3-4-9-21-19(25)17-12-15(8-10-20-17)18(24)22-16-7-5-6-14(11-16)13(2)23/h5-8,10-12H,3-4,9H2,1-2H3,(H,21,25)(H,22,24). The van der Waals surface area contributed by atoms with Gasteiger partial charge in [0.15, 0.2) is 5.78 Å². The van der Waals surface area contributed by atoms with Crippen LogP contribution in [0.15, 0.2) is 42.6 Å². The van der Waals surface area contributed by atoms with E-state index in [1.54, 1.807) is 24.3 Å². The van der Waals surface area contributed by atoms with Crippen LogP contribution >= 0.6 is 0 Å². The van der Waals surface area contributed by atoms with Gasteiger partial charge in [0.1, 0.15) is 5.69 Å². The summed E-state index contributed by atoms with van der Waals surface area (Å²) in [6.07, 6.45) is 3.30. The zero-order chi connectivity index (χ0) is 18.2. The number of anilines is 1. The van der Waals surface area contributed by atoms with E-state index in [1.807, 2.05) is 6.92 Å². The summed E-state index contributed by atoms with van der Waals surface area (Å²) in [5, 5.41) is 5.49. The Morgan fingerprint density at radius 1 is 1.04 bits per heavy atom. The van der Waals surface area contributed by atoms with E-state index in [1.165, 1.54) is 25.3 Å². The van der Waals surface area contributed by atoms with E-state index in [4.69, 9.17) is 0 Å². The van der Waals surface area contributed by atoms with Crippen molar-refractivity contribution in [1.29, 1.82) is 0 Å². The van der Waals surface area contributed by atoms with E-state index in [-0.39, 0.29) is 23.3 Å². The van der Waals surface area contributed by atoms with Crippen LogP contribution in [0, 0.1) is 0 Å². The van der Waals surface area contributed by atoms with E-state index in [2.05, 4.69) is 15.6 Å². The molecule has 0 aliphatic rings. The molecule has 0 saturated carbocycles. The van der Waals surface area contributed by atoms with Crippen molar-refractivity contribution in [2.75, 3.05) is 11.9 Å². The first-order valence-electron chi connectivity index (χ1n) is 8.18. The van der Waals surface area contributed by atoms with Gasteiger partial charge < -0.3 is 10.6 Å². The average Bonchev–Trinajstić information content (AvgIpc) is 2.62. The van der Waals surface area contributed by atoms with Gasteiger partial charge in [-0.25, -0.2) is 0 Å². The first-order valence-corrected chi connectivity index (χ1v) is 8.18. The summed E-state index contributed by atoms with van der Waals surface area (Å²) in [6, 6.07) is 9.68. The Hall–Kier alpha value is -3.02. The van der Waals surface area contributed by atoms with Gasteiger partial charge in [-0.1, -0.05) is 25.5 Å². The highest BCUT2D eigenvalue weighted by Gasteiger charge is 2.12. The van der Waals surface area contributed by atoms with Gasteiger partial charge in [0.2, 0.25) is 0 Å². The van der Waals surface area contributed by atoms with Gasteiger partial charge in [-0.3, -0.25) is 19.4 Å². The lowest BCUT2D eigenvalue weighted by molar-refractivity contribution is 0.0947. The molecule has 0 saturated heterocycles. The molecule has 0 unspecified atom stereocenters.